The first-order valence-electron chi connectivity index (χ1n) is 5.59. The average molecular weight is 341 g/mol. The molecule has 5 nitrogen and oxygen atoms in total. The zero-order valence-corrected chi connectivity index (χ0v) is 12.3. The Kier molecular flexibility index (Phi) is 3.71. The number of carbonyl (C=O) groups excluding carboxylic acids is 1. The average Bonchev–Trinajstić information content (AvgIpc) is 2.43. The molecule has 0 radical (unpaired) electrons. The molecular formula is C13H10BrFN2O3. The van der Waals surface area contributed by atoms with Crippen LogP contribution in [0, 0.1) is 5.82 Å². The van der Waals surface area contributed by atoms with E-state index in [4.69, 9.17) is 0 Å². The number of ketones is 1. The lowest BCUT2D eigenvalue weighted by Crippen LogP contribution is -2.39. The topological polar surface area (TPSA) is 61.1 Å². The number of rotatable bonds is 2. The zero-order valence-electron chi connectivity index (χ0n) is 10.7. The van der Waals surface area contributed by atoms with Crippen molar-refractivity contribution in [2.75, 3.05) is 0 Å². The van der Waals surface area contributed by atoms with Gasteiger partial charge in [-0.15, -0.1) is 0 Å². The summed E-state index contributed by atoms with van der Waals surface area (Å²) in [6.45, 7) is 0. The predicted octanol–water partition coefficient (Wildman–Crippen LogP) is 1.22. The van der Waals surface area contributed by atoms with Crippen molar-refractivity contribution in [1.29, 1.82) is 0 Å². The molecule has 0 saturated carbocycles. The fraction of sp³-hybridized carbons (Fsp3) is 0.154. The summed E-state index contributed by atoms with van der Waals surface area (Å²) in [5, 5.41) is 0. The molecule has 1 aromatic carbocycles. The maximum atomic E-state index is 13.2. The van der Waals surface area contributed by atoms with Crippen molar-refractivity contribution in [2.45, 2.75) is 0 Å². The van der Waals surface area contributed by atoms with Crippen LogP contribution >= 0.6 is 15.9 Å². The first-order valence-corrected chi connectivity index (χ1v) is 6.38. The Morgan fingerprint density at radius 1 is 1.25 bits per heavy atom. The summed E-state index contributed by atoms with van der Waals surface area (Å²) < 4.78 is 15.3. The maximum absolute atomic E-state index is 13.2. The maximum Gasteiger partial charge on any atom is 0.330 e. The first kappa shape index (κ1) is 14.4. The van der Waals surface area contributed by atoms with Gasteiger partial charge in [0.1, 0.15) is 11.4 Å². The van der Waals surface area contributed by atoms with Crippen LogP contribution in [0.15, 0.2) is 38.5 Å². The molecule has 0 aliphatic heterocycles. The molecule has 0 aliphatic carbocycles. The van der Waals surface area contributed by atoms with E-state index in [1.54, 1.807) is 0 Å². The van der Waals surface area contributed by atoms with Crippen LogP contribution in [-0.4, -0.2) is 14.9 Å². The van der Waals surface area contributed by atoms with Gasteiger partial charge < -0.3 is 4.57 Å². The minimum absolute atomic E-state index is 0.130. The molecule has 1 heterocycles. The fourth-order valence-corrected chi connectivity index (χ4v) is 2.14. The molecule has 0 fully saturated rings. The van der Waals surface area contributed by atoms with Gasteiger partial charge in [-0.1, -0.05) is 0 Å². The number of nitrogens with zero attached hydrogens (tertiary/aromatic N) is 2. The van der Waals surface area contributed by atoms with Crippen LogP contribution in [0.5, 0.6) is 0 Å². The molecule has 7 heteroatoms. The number of aromatic nitrogens is 2. The summed E-state index contributed by atoms with van der Waals surface area (Å²) in [5.41, 5.74) is -1.19. The number of halogens is 2. The summed E-state index contributed by atoms with van der Waals surface area (Å²) in [7, 11) is 2.74. The number of benzene rings is 1. The third kappa shape index (κ3) is 2.36. The Balaban J connectivity index is 2.62. The molecule has 0 aliphatic rings. The third-order valence-corrected chi connectivity index (χ3v) is 3.48. The van der Waals surface area contributed by atoms with Crippen LogP contribution in [-0.2, 0) is 14.1 Å². The Morgan fingerprint density at radius 2 is 1.90 bits per heavy atom. The second-order valence-corrected chi connectivity index (χ2v) is 5.11. The molecule has 20 heavy (non-hydrogen) atoms. The van der Waals surface area contributed by atoms with Crippen LogP contribution in [0.2, 0.25) is 0 Å². The van der Waals surface area contributed by atoms with Crippen LogP contribution in [0.4, 0.5) is 4.39 Å². The largest absolute Gasteiger partial charge is 0.330 e. The lowest BCUT2D eigenvalue weighted by molar-refractivity contribution is 0.103. The van der Waals surface area contributed by atoms with Gasteiger partial charge in [-0.05, 0) is 34.1 Å². The summed E-state index contributed by atoms with van der Waals surface area (Å²) in [6.07, 6.45) is 1.18. The molecule has 1 aromatic heterocycles. The van der Waals surface area contributed by atoms with Gasteiger partial charge in [0.15, 0.2) is 5.78 Å². The molecule has 2 rings (SSSR count). The van der Waals surface area contributed by atoms with E-state index < -0.39 is 22.8 Å². The quantitative estimate of drug-likeness (QED) is 0.772. The van der Waals surface area contributed by atoms with Crippen molar-refractivity contribution in [3.05, 3.63) is 66.7 Å². The van der Waals surface area contributed by atoms with Crippen molar-refractivity contribution in [3.63, 3.8) is 0 Å². The molecule has 0 N–H and O–H groups in total. The van der Waals surface area contributed by atoms with Gasteiger partial charge in [-0.25, -0.2) is 9.18 Å². The van der Waals surface area contributed by atoms with E-state index in [0.717, 1.165) is 15.2 Å². The van der Waals surface area contributed by atoms with Gasteiger partial charge in [0.2, 0.25) is 0 Å². The lowest BCUT2D eigenvalue weighted by Gasteiger charge is -2.06. The SMILES string of the molecule is Cn1cc(C(=O)c2ccc(F)c(Br)c2)c(=O)n(C)c1=O. The van der Waals surface area contributed by atoms with Crippen molar-refractivity contribution in [1.82, 2.24) is 9.13 Å². The van der Waals surface area contributed by atoms with Crippen LogP contribution < -0.4 is 11.2 Å². The highest BCUT2D eigenvalue weighted by Crippen LogP contribution is 2.18. The van der Waals surface area contributed by atoms with Gasteiger partial charge in [-0.3, -0.25) is 14.2 Å². The Morgan fingerprint density at radius 3 is 2.50 bits per heavy atom. The highest BCUT2D eigenvalue weighted by molar-refractivity contribution is 9.10. The second-order valence-electron chi connectivity index (χ2n) is 4.26. The van der Waals surface area contributed by atoms with Gasteiger partial charge in [0.05, 0.1) is 4.47 Å². The number of hydrogen-bond donors (Lipinski definition) is 0. The minimum Gasteiger partial charge on any atom is -0.303 e. The highest BCUT2D eigenvalue weighted by Gasteiger charge is 2.17. The molecule has 0 amide bonds. The van der Waals surface area contributed by atoms with Crippen molar-refractivity contribution in [3.8, 4) is 0 Å². The predicted molar refractivity (Wildman–Crippen MR) is 74.5 cm³/mol. The van der Waals surface area contributed by atoms with E-state index in [-0.39, 0.29) is 15.6 Å². The van der Waals surface area contributed by atoms with Crippen LogP contribution in [0.25, 0.3) is 0 Å². The van der Waals surface area contributed by atoms with E-state index >= 15 is 0 Å². The molecule has 0 spiro atoms. The second kappa shape index (κ2) is 5.16. The highest BCUT2D eigenvalue weighted by atomic mass is 79.9. The molecule has 104 valence electrons. The standard InChI is InChI=1S/C13H10BrFN2O3/c1-16-6-8(12(19)17(2)13(16)20)11(18)7-3-4-10(15)9(14)5-7/h3-6H,1-2H3. The molecule has 0 bridgehead atoms. The van der Waals surface area contributed by atoms with E-state index in [1.165, 1.54) is 32.4 Å². The third-order valence-electron chi connectivity index (χ3n) is 2.87. The van der Waals surface area contributed by atoms with Crippen LogP contribution in [0.1, 0.15) is 15.9 Å². The Hall–Kier alpha value is -2.02. The normalized spacial score (nSPS) is 10.6. The van der Waals surface area contributed by atoms with E-state index in [1.807, 2.05) is 0 Å². The van der Waals surface area contributed by atoms with E-state index in [9.17, 15) is 18.8 Å². The zero-order chi connectivity index (χ0) is 15.0. The van der Waals surface area contributed by atoms with Crippen molar-refractivity contribution < 1.29 is 9.18 Å². The van der Waals surface area contributed by atoms with Gasteiger partial charge in [0, 0.05) is 25.9 Å². The monoisotopic (exact) mass is 340 g/mol. The number of hydrogen-bond acceptors (Lipinski definition) is 3. The minimum atomic E-state index is -0.682. The molecule has 0 atom stereocenters. The summed E-state index contributed by atoms with van der Waals surface area (Å²) >= 11 is 2.98. The van der Waals surface area contributed by atoms with E-state index in [2.05, 4.69) is 15.9 Å². The Bertz CT molecular complexity index is 823. The van der Waals surface area contributed by atoms with Crippen molar-refractivity contribution >= 4 is 21.7 Å². The number of carbonyl (C=O) groups is 1. The fourth-order valence-electron chi connectivity index (χ4n) is 1.76. The summed E-state index contributed by atoms with van der Waals surface area (Å²) in [5.74, 6) is -1.07. The molecule has 0 saturated heterocycles. The van der Waals surface area contributed by atoms with Gasteiger partial charge in [0.25, 0.3) is 5.56 Å². The summed E-state index contributed by atoms with van der Waals surface area (Å²) in [6, 6.07) is 3.71. The van der Waals surface area contributed by atoms with E-state index in [0.29, 0.717) is 0 Å². The molecule has 2 aromatic rings. The van der Waals surface area contributed by atoms with Crippen molar-refractivity contribution in [2.24, 2.45) is 14.1 Å². The first-order chi connectivity index (χ1) is 9.32. The molecular weight excluding hydrogens is 331 g/mol. The van der Waals surface area contributed by atoms with Gasteiger partial charge >= 0.3 is 5.69 Å². The summed E-state index contributed by atoms with van der Waals surface area (Å²) in [4.78, 5) is 35.8. The van der Waals surface area contributed by atoms with Gasteiger partial charge in [-0.2, -0.15) is 0 Å². The molecule has 0 unspecified atom stereocenters. The lowest BCUT2D eigenvalue weighted by atomic mass is 10.1. The Labute approximate surface area is 121 Å². The number of aryl methyl sites for hydroxylation is 1. The smallest absolute Gasteiger partial charge is 0.303 e. The van der Waals surface area contributed by atoms with Crippen LogP contribution in [0.3, 0.4) is 0 Å².